The maximum atomic E-state index is 12.7. The van der Waals surface area contributed by atoms with Gasteiger partial charge in [0, 0.05) is 0 Å². The Balaban J connectivity index is 2.01. The van der Waals surface area contributed by atoms with E-state index in [1.807, 2.05) is 30.3 Å². The van der Waals surface area contributed by atoms with Crippen molar-refractivity contribution in [3.8, 4) is 0 Å². The fourth-order valence-corrected chi connectivity index (χ4v) is 2.74. The summed E-state index contributed by atoms with van der Waals surface area (Å²) in [6.45, 7) is -1.33. The molecule has 118 valence electrons. The highest BCUT2D eigenvalue weighted by Crippen LogP contribution is 2.34. The number of hydrogen-bond acceptors (Lipinski definition) is 2. The molecule has 1 N–H and O–H groups in total. The quantitative estimate of drug-likeness (QED) is 0.935. The van der Waals surface area contributed by atoms with Gasteiger partial charge in [0.15, 0.2) is 5.84 Å². The highest BCUT2D eigenvalue weighted by Gasteiger charge is 2.41. The number of alkyl halides is 3. The van der Waals surface area contributed by atoms with Gasteiger partial charge in [-0.1, -0.05) is 42.5 Å². The molecule has 23 heavy (non-hydrogen) atoms. The number of Topliss-reactive ketones (excluding diaryl/α,β-unsaturated/α-hetero) is 1. The predicted molar refractivity (Wildman–Crippen MR) is 81.1 cm³/mol. The third-order valence-corrected chi connectivity index (χ3v) is 3.71. The average Bonchev–Trinajstić information content (AvgIpc) is 2.73. The molecule has 1 aliphatic heterocycles. The summed E-state index contributed by atoms with van der Waals surface area (Å²) in [7, 11) is 0. The Morgan fingerprint density at radius 1 is 1.00 bits per heavy atom. The molecule has 0 saturated heterocycles. The van der Waals surface area contributed by atoms with Crippen molar-refractivity contribution in [1.82, 2.24) is 0 Å². The number of amidine groups is 1. The Bertz CT molecular complexity index is 769. The van der Waals surface area contributed by atoms with E-state index in [2.05, 4.69) is 0 Å². The summed E-state index contributed by atoms with van der Waals surface area (Å²) in [4.78, 5) is 13.0. The van der Waals surface area contributed by atoms with E-state index in [0.717, 1.165) is 10.5 Å². The van der Waals surface area contributed by atoms with Gasteiger partial charge in [-0.05, 0) is 23.6 Å². The van der Waals surface area contributed by atoms with Gasteiger partial charge in [0.05, 0.1) is 11.3 Å². The molecule has 2 aromatic carbocycles. The molecule has 6 heteroatoms. The first-order valence-electron chi connectivity index (χ1n) is 7.00. The van der Waals surface area contributed by atoms with Gasteiger partial charge in [-0.25, -0.2) is 0 Å². The van der Waals surface area contributed by atoms with Gasteiger partial charge >= 0.3 is 6.18 Å². The molecule has 1 heterocycles. The van der Waals surface area contributed by atoms with Crippen LogP contribution < -0.4 is 4.90 Å². The Morgan fingerprint density at radius 2 is 1.70 bits per heavy atom. The summed E-state index contributed by atoms with van der Waals surface area (Å²) < 4.78 is 38.1. The number of benzene rings is 2. The topological polar surface area (TPSA) is 44.2 Å². The number of hydrogen-bond donors (Lipinski definition) is 1. The minimum atomic E-state index is -4.48. The van der Waals surface area contributed by atoms with Gasteiger partial charge in [-0.15, -0.1) is 0 Å². The lowest BCUT2D eigenvalue weighted by Gasteiger charge is -2.20. The molecule has 0 radical (unpaired) electrons. The third kappa shape index (κ3) is 2.97. The van der Waals surface area contributed by atoms with Gasteiger partial charge in [0.2, 0.25) is 5.78 Å². The third-order valence-electron chi connectivity index (χ3n) is 3.71. The summed E-state index contributed by atoms with van der Waals surface area (Å²) in [6, 6.07) is 14.1. The molecule has 2 aromatic rings. The average molecular weight is 318 g/mol. The Morgan fingerprint density at radius 3 is 2.35 bits per heavy atom. The second-order valence-corrected chi connectivity index (χ2v) is 5.35. The van der Waals surface area contributed by atoms with Crippen LogP contribution in [0.15, 0.2) is 48.5 Å². The summed E-state index contributed by atoms with van der Waals surface area (Å²) in [5, 5.41) is 7.73. The van der Waals surface area contributed by atoms with Gasteiger partial charge in [-0.3, -0.25) is 10.2 Å². The van der Waals surface area contributed by atoms with Crippen LogP contribution in [0, 0.1) is 5.41 Å². The smallest absolute Gasteiger partial charge is 0.314 e. The molecule has 0 spiro atoms. The number of halogens is 3. The summed E-state index contributed by atoms with van der Waals surface area (Å²) in [6.07, 6.45) is -4.05. The lowest BCUT2D eigenvalue weighted by atomic mass is 9.97. The standard InChI is InChI=1S/C17H13F3N2O/c18-17(19,20)10-22-13-8-4-7-12(14(13)15(23)16(22)21)9-11-5-2-1-3-6-11/h1-8,21H,9-10H2. The van der Waals surface area contributed by atoms with Gasteiger partial charge < -0.3 is 4.90 Å². The van der Waals surface area contributed by atoms with Gasteiger partial charge in [0.1, 0.15) is 6.54 Å². The van der Waals surface area contributed by atoms with E-state index in [-0.39, 0.29) is 11.3 Å². The predicted octanol–water partition coefficient (Wildman–Crippen LogP) is 3.82. The zero-order chi connectivity index (χ0) is 16.6. The van der Waals surface area contributed by atoms with Crippen molar-refractivity contribution in [2.45, 2.75) is 12.6 Å². The van der Waals surface area contributed by atoms with Crippen molar-refractivity contribution in [2.75, 3.05) is 11.4 Å². The molecule has 0 unspecified atom stereocenters. The van der Waals surface area contributed by atoms with E-state index in [1.165, 1.54) is 6.07 Å². The lowest BCUT2D eigenvalue weighted by molar-refractivity contribution is -0.117. The highest BCUT2D eigenvalue weighted by atomic mass is 19.4. The number of fused-ring (bicyclic) bond motifs is 1. The minimum Gasteiger partial charge on any atom is -0.314 e. The van der Waals surface area contributed by atoms with Crippen LogP contribution in [-0.4, -0.2) is 24.3 Å². The van der Waals surface area contributed by atoms with Crippen LogP contribution in [-0.2, 0) is 6.42 Å². The molecule has 0 amide bonds. The molecule has 0 aromatic heterocycles. The molecular formula is C17H13F3N2O. The highest BCUT2D eigenvalue weighted by molar-refractivity contribution is 6.53. The van der Waals surface area contributed by atoms with Crippen molar-refractivity contribution in [3.63, 3.8) is 0 Å². The second-order valence-electron chi connectivity index (χ2n) is 5.35. The van der Waals surface area contributed by atoms with Crippen molar-refractivity contribution >= 4 is 17.3 Å². The number of rotatable bonds is 3. The van der Waals surface area contributed by atoms with Crippen LogP contribution >= 0.6 is 0 Å². The number of carbonyl (C=O) groups excluding carboxylic acids is 1. The van der Waals surface area contributed by atoms with Crippen molar-refractivity contribution in [1.29, 1.82) is 5.41 Å². The number of nitrogens with one attached hydrogen (secondary N) is 1. The van der Waals surface area contributed by atoms with Crippen LogP contribution in [0.25, 0.3) is 0 Å². The van der Waals surface area contributed by atoms with E-state index in [1.54, 1.807) is 12.1 Å². The Labute approximate surface area is 130 Å². The van der Waals surface area contributed by atoms with E-state index >= 15 is 0 Å². The number of nitrogens with zero attached hydrogens (tertiary/aromatic N) is 1. The zero-order valence-corrected chi connectivity index (χ0v) is 12.0. The van der Waals surface area contributed by atoms with Crippen LogP contribution in [0.1, 0.15) is 21.5 Å². The molecule has 0 bridgehead atoms. The Kier molecular flexibility index (Phi) is 3.67. The monoisotopic (exact) mass is 318 g/mol. The van der Waals surface area contributed by atoms with Crippen LogP contribution in [0.2, 0.25) is 0 Å². The fraction of sp³-hybridized carbons (Fsp3) is 0.176. The first-order chi connectivity index (χ1) is 10.9. The molecule has 0 aliphatic carbocycles. The number of anilines is 1. The minimum absolute atomic E-state index is 0.158. The first kappa shape index (κ1) is 15.3. The normalized spacial score (nSPS) is 14.3. The largest absolute Gasteiger partial charge is 0.406 e. The summed E-state index contributed by atoms with van der Waals surface area (Å²) >= 11 is 0. The lowest BCUT2D eigenvalue weighted by Crippen LogP contribution is -2.37. The van der Waals surface area contributed by atoms with E-state index in [9.17, 15) is 18.0 Å². The summed E-state index contributed by atoms with van der Waals surface area (Å²) in [5.41, 5.74) is 1.94. The van der Waals surface area contributed by atoms with Gasteiger partial charge in [-0.2, -0.15) is 13.2 Å². The number of carbonyl (C=O) groups is 1. The van der Waals surface area contributed by atoms with Crippen LogP contribution in [0.4, 0.5) is 18.9 Å². The van der Waals surface area contributed by atoms with E-state index in [4.69, 9.17) is 5.41 Å². The summed E-state index contributed by atoms with van der Waals surface area (Å²) in [5.74, 6) is -1.28. The Hall–Kier alpha value is -2.63. The van der Waals surface area contributed by atoms with Crippen LogP contribution in [0.5, 0.6) is 0 Å². The molecule has 3 nitrogen and oxygen atoms in total. The molecule has 3 rings (SSSR count). The van der Waals surface area contributed by atoms with E-state index in [0.29, 0.717) is 12.0 Å². The fourth-order valence-electron chi connectivity index (χ4n) is 2.74. The molecule has 0 saturated carbocycles. The number of ketones is 1. The molecule has 0 atom stereocenters. The maximum Gasteiger partial charge on any atom is 0.406 e. The zero-order valence-electron chi connectivity index (χ0n) is 12.0. The van der Waals surface area contributed by atoms with E-state index < -0.39 is 24.3 Å². The van der Waals surface area contributed by atoms with Gasteiger partial charge in [0.25, 0.3) is 0 Å². The first-order valence-corrected chi connectivity index (χ1v) is 7.00. The second kappa shape index (κ2) is 5.53. The maximum absolute atomic E-state index is 12.7. The van der Waals surface area contributed by atoms with Crippen molar-refractivity contribution in [2.24, 2.45) is 0 Å². The van der Waals surface area contributed by atoms with Crippen LogP contribution in [0.3, 0.4) is 0 Å². The van der Waals surface area contributed by atoms with Crippen molar-refractivity contribution < 1.29 is 18.0 Å². The molecular weight excluding hydrogens is 305 g/mol. The molecule has 1 aliphatic rings. The SMILES string of the molecule is N=C1C(=O)c2c(Cc3ccccc3)cccc2N1CC(F)(F)F. The van der Waals surface area contributed by atoms with Crippen molar-refractivity contribution in [3.05, 3.63) is 65.2 Å². The molecule has 0 fully saturated rings.